The zero-order valence-electron chi connectivity index (χ0n) is 14.9. The molecule has 6 heteroatoms. The molecule has 2 aromatic rings. The van der Waals surface area contributed by atoms with Gasteiger partial charge in [0, 0.05) is 23.0 Å². The molecular formula is C18H26N4O2. The number of H-pyrrole nitrogens is 1. The molecule has 0 radical (unpaired) electrons. The van der Waals surface area contributed by atoms with E-state index in [1.165, 1.54) is 0 Å². The van der Waals surface area contributed by atoms with Gasteiger partial charge >= 0.3 is 6.03 Å². The molecule has 0 aliphatic carbocycles. The molecule has 0 aliphatic rings. The minimum atomic E-state index is -0.332. The third kappa shape index (κ3) is 4.75. The van der Waals surface area contributed by atoms with Crippen molar-refractivity contribution < 1.29 is 9.53 Å². The Morgan fingerprint density at radius 2 is 2.00 bits per heavy atom. The first-order valence-electron chi connectivity index (χ1n) is 8.22. The predicted molar refractivity (Wildman–Crippen MR) is 96.8 cm³/mol. The number of rotatable bonds is 6. The van der Waals surface area contributed by atoms with Crippen LogP contribution in [0.25, 0.3) is 0 Å². The molecule has 0 unspecified atom stereocenters. The van der Waals surface area contributed by atoms with Crippen molar-refractivity contribution in [2.24, 2.45) is 5.92 Å². The Bertz CT molecular complexity index is 692. The van der Waals surface area contributed by atoms with E-state index in [9.17, 15) is 4.79 Å². The van der Waals surface area contributed by atoms with E-state index in [2.05, 4.69) is 48.5 Å². The number of hydrogen-bond donors (Lipinski definition) is 3. The molecule has 2 amide bonds. The second-order valence-electron chi connectivity index (χ2n) is 6.58. The summed E-state index contributed by atoms with van der Waals surface area (Å²) in [6, 6.07) is 7.01. The van der Waals surface area contributed by atoms with Crippen LogP contribution < -0.4 is 15.4 Å². The second kappa shape index (κ2) is 7.86. The number of urea groups is 1. The Morgan fingerprint density at radius 1 is 1.25 bits per heavy atom. The van der Waals surface area contributed by atoms with Crippen molar-refractivity contribution in [1.82, 2.24) is 10.2 Å². The van der Waals surface area contributed by atoms with Crippen molar-refractivity contribution in [2.75, 3.05) is 17.2 Å². The summed E-state index contributed by atoms with van der Waals surface area (Å²) >= 11 is 0. The molecule has 1 aromatic heterocycles. The molecule has 24 heavy (non-hydrogen) atoms. The molecule has 1 heterocycles. The van der Waals surface area contributed by atoms with Crippen LogP contribution in [-0.2, 0) is 0 Å². The average Bonchev–Trinajstić information content (AvgIpc) is 2.86. The molecule has 0 fully saturated rings. The van der Waals surface area contributed by atoms with E-state index in [-0.39, 0.29) is 6.03 Å². The minimum Gasteiger partial charge on any atom is -0.493 e. The van der Waals surface area contributed by atoms with Crippen molar-refractivity contribution in [3.8, 4) is 5.75 Å². The van der Waals surface area contributed by atoms with Gasteiger partial charge in [-0.15, -0.1) is 0 Å². The Labute approximate surface area is 143 Å². The van der Waals surface area contributed by atoms with Crippen LogP contribution in [0, 0.1) is 12.8 Å². The van der Waals surface area contributed by atoms with Gasteiger partial charge in [0.2, 0.25) is 0 Å². The smallest absolute Gasteiger partial charge is 0.324 e. The predicted octanol–water partition coefficient (Wildman–Crippen LogP) is 4.52. The molecule has 2 rings (SSSR count). The highest BCUT2D eigenvalue weighted by Crippen LogP contribution is 2.23. The van der Waals surface area contributed by atoms with Crippen LogP contribution in [-0.4, -0.2) is 22.8 Å². The van der Waals surface area contributed by atoms with Crippen molar-refractivity contribution in [2.45, 2.75) is 40.5 Å². The van der Waals surface area contributed by atoms with E-state index >= 15 is 0 Å². The van der Waals surface area contributed by atoms with Gasteiger partial charge in [-0.25, -0.2) is 4.79 Å². The number of aromatic nitrogens is 2. The van der Waals surface area contributed by atoms with Gasteiger partial charge in [0.1, 0.15) is 5.75 Å². The zero-order chi connectivity index (χ0) is 17.7. The number of ether oxygens (including phenoxy) is 1. The SMILES string of the molecule is Cc1c(NC(=O)Nc2cccc(OCC(C)C)c2)n[nH]c1C(C)C. The minimum absolute atomic E-state index is 0.325. The van der Waals surface area contributed by atoms with Gasteiger partial charge in [-0.2, -0.15) is 5.10 Å². The number of hydrogen-bond acceptors (Lipinski definition) is 3. The van der Waals surface area contributed by atoms with E-state index in [1.54, 1.807) is 6.07 Å². The van der Waals surface area contributed by atoms with Gasteiger partial charge in [0.05, 0.1) is 6.61 Å². The third-order valence-corrected chi connectivity index (χ3v) is 3.53. The van der Waals surface area contributed by atoms with Crippen LogP contribution in [0.3, 0.4) is 0 Å². The highest BCUT2D eigenvalue weighted by Gasteiger charge is 2.14. The molecule has 3 N–H and O–H groups in total. The fourth-order valence-electron chi connectivity index (χ4n) is 2.29. The number of anilines is 2. The first-order chi connectivity index (χ1) is 11.4. The van der Waals surface area contributed by atoms with E-state index in [0.29, 0.717) is 29.9 Å². The van der Waals surface area contributed by atoms with Crippen molar-refractivity contribution in [3.63, 3.8) is 0 Å². The van der Waals surface area contributed by atoms with Gasteiger partial charge in [-0.3, -0.25) is 10.4 Å². The number of amides is 2. The molecule has 0 saturated heterocycles. The zero-order valence-corrected chi connectivity index (χ0v) is 14.9. The fourth-order valence-corrected chi connectivity index (χ4v) is 2.29. The van der Waals surface area contributed by atoms with Gasteiger partial charge in [0.15, 0.2) is 5.82 Å². The van der Waals surface area contributed by atoms with Crippen LogP contribution >= 0.6 is 0 Å². The fraction of sp³-hybridized carbons (Fsp3) is 0.444. The first kappa shape index (κ1) is 17.8. The lowest BCUT2D eigenvalue weighted by Gasteiger charge is -2.11. The summed E-state index contributed by atoms with van der Waals surface area (Å²) in [4.78, 5) is 12.2. The molecule has 0 spiro atoms. The molecular weight excluding hydrogens is 304 g/mol. The monoisotopic (exact) mass is 330 g/mol. The largest absolute Gasteiger partial charge is 0.493 e. The summed E-state index contributed by atoms with van der Waals surface area (Å²) < 4.78 is 5.67. The van der Waals surface area contributed by atoms with Crippen LogP contribution in [0.4, 0.5) is 16.3 Å². The van der Waals surface area contributed by atoms with Gasteiger partial charge in [-0.1, -0.05) is 33.8 Å². The summed E-state index contributed by atoms with van der Waals surface area (Å²) in [7, 11) is 0. The van der Waals surface area contributed by atoms with E-state index in [4.69, 9.17) is 4.74 Å². The van der Waals surface area contributed by atoms with Crippen molar-refractivity contribution in [1.29, 1.82) is 0 Å². The molecule has 0 bridgehead atoms. The lowest BCUT2D eigenvalue weighted by Crippen LogP contribution is -2.20. The lowest BCUT2D eigenvalue weighted by molar-refractivity contribution is 0.262. The number of aromatic amines is 1. The number of benzene rings is 1. The van der Waals surface area contributed by atoms with Gasteiger partial charge in [0.25, 0.3) is 0 Å². The average molecular weight is 330 g/mol. The second-order valence-corrected chi connectivity index (χ2v) is 6.58. The van der Waals surface area contributed by atoms with Crippen LogP contribution in [0.2, 0.25) is 0 Å². The Kier molecular flexibility index (Phi) is 5.84. The Hall–Kier alpha value is -2.50. The number of nitrogens with zero attached hydrogens (tertiary/aromatic N) is 1. The van der Waals surface area contributed by atoms with E-state index < -0.39 is 0 Å². The molecule has 130 valence electrons. The van der Waals surface area contributed by atoms with Crippen LogP contribution in [0.5, 0.6) is 5.75 Å². The normalized spacial score (nSPS) is 11.0. The van der Waals surface area contributed by atoms with Gasteiger partial charge < -0.3 is 10.1 Å². The first-order valence-corrected chi connectivity index (χ1v) is 8.22. The van der Waals surface area contributed by atoms with Gasteiger partial charge in [-0.05, 0) is 30.9 Å². The van der Waals surface area contributed by atoms with E-state index in [0.717, 1.165) is 17.0 Å². The lowest BCUT2D eigenvalue weighted by atomic mass is 10.1. The summed E-state index contributed by atoms with van der Waals surface area (Å²) in [5.74, 6) is 2.05. The van der Waals surface area contributed by atoms with Crippen molar-refractivity contribution in [3.05, 3.63) is 35.5 Å². The quantitative estimate of drug-likeness (QED) is 0.728. The molecule has 0 aliphatic heterocycles. The number of carbonyl (C=O) groups excluding carboxylic acids is 1. The maximum Gasteiger partial charge on any atom is 0.324 e. The maximum absolute atomic E-state index is 12.2. The summed E-state index contributed by atoms with van der Waals surface area (Å²) in [5.41, 5.74) is 2.65. The Balaban J connectivity index is 1.98. The van der Waals surface area contributed by atoms with Crippen LogP contribution in [0.1, 0.15) is 44.9 Å². The maximum atomic E-state index is 12.2. The third-order valence-electron chi connectivity index (χ3n) is 3.53. The highest BCUT2D eigenvalue weighted by atomic mass is 16.5. The summed E-state index contributed by atoms with van der Waals surface area (Å²) in [6.07, 6.45) is 0. The molecule has 0 saturated carbocycles. The standard InChI is InChI=1S/C18H26N4O2/c1-11(2)10-24-15-8-6-7-14(9-15)19-18(23)20-17-13(5)16(12(3)4)21-22-17/h6-9,11-12H,10H2,1-5H3,(H3,19,20,21,22,23). The summed E-state index contributed by atoms with van der Waals surface area (Å²) in [6.45, 7) is 10.9. The topological polar surface area (TPSA) is 79.0 Å². The van der Waals surface area contributed by atoms with Crippen molar-refractivity contribution >= 4 is 17.5 Å². The van der Waals surface area contributed by atoms with E-state index in [1.807, 2.05) is 25.1 Å². The number of carbonyl (C=O) groups is 1. The molecule has 6 nitrogen and oxygen atoms in total. The molecule has 0 atom stereocenters. The highest BCUT2D eigenvalue weighted by molar-refractivity contribution is 5.99. The van der Waals surface area contributed by atoms with Crippen LogP contribution in [0.15, 0.2) is 24.3 Å². The molecule has 1 aromatic carbocycles. The summed E-state index contributed by atoms with van der Waals surface area (Å²) in [5, 5.41) is 12.7. The Morgan fingerprint density at radius 3 is 2.62 bits per heavy atom. The number of nitrogens with one attached hydrogen (secondary N) is 3.